The number of hydrogen-bond acceptors (Lipinski definition) is 0. The molecule has 0 heterocycles. The van der Waals surface area contributed by atoms with Gasteiger partial charge in [0.25, 0.3) is 0 Å². The molecular formula is C28H37Cl. The molecule has 2 aliphatic carbocycles. The summed E-state index contributed by atoms with van der Waals surface area (Å²) in [6.45, 7) is 9.47. The third-order valence-electron chi connectivity index (χ3n) is 7.85. The quantitative estimate of drug-likeness (QED) is 0.449. The van der Waals surface area contributed by atoms with E-state index in [2.05, 4.69) is 70.2 Å². The van der Waals surface area contributed by atoms with Crippen LogP contribution in [-0.2, 0) is 6.42 Å². The smallest absolute Gasteiger partial charge is 0.0441 e. The third-order valence-corrected chi connectivity index (χ3v) is 8.22. The van der Waals surface area contributed by atoms with Gasteiger partial charge in [0.15, 0.2) is 0 Å². The van der Waals surface area contributed by atoms with E-state index in [1.807, 2.05) is 0 Å². The van der Waals surface area contributed by atoms with Crippen molar-refractivity contribution in [3.05, 3.63) is 69.7 Å². The number of benzene rings is 2. The average Bonchev–Trinajstić information content (AvgIpc) is 3.39. The predicted molar refractivity (Wildman–Crippen MR) is 126 cm³/mol. The maximum Gasteiger partial charge on any atom is 0.0441 e. The van der Waals surface area contributed by atoms with Crippen molar-refractivity contribution in [2.45, 2.75) is 72.1 Å². The normalized spacial score (nSPS) is 31.6. The van der Waals surface area contributed by atoms with Gasteiger partial charge in [-0.25, -0.2) is 0 Å². The van der Waals surface area contributed by atoms with Gasteiger partial charge < -0.3 is 0 Å². The van der Waals surface area contributed by atoms with E-state index in [-0.39, 0.29) is 0 Å². The summed E-state index contributed by atoms with van der Waals surface area (Å²) in [5.41, 5.74) is 5.48. The SMILES string of the molecule is CCC1C(CC2CC2C)CC(C)CC1c1ccc(Cl)c(Cc2ccc(C)cc2)c1. The summed E-state index contributed by atoms with van der Waals surface area (Å²) in [5.74, 6) is 5.23. The summed E-state index contributed by atoms with van der Waals surface area (Å²) in [4.78, 5) is 0. The Morgan fingerprint density at radius 1 is 0.931 bits per heavy atom. The number of rotatable bonds is 6. The van der Waals surface area contributed by atoms with Crippen LogP contribution in [0.15, 0.2) is 42.5 Å². The molecule has 0 radical (unpaired) electrons. The van der Waals surface area contributed by atoms with Gasteiger partial charge in [0, 0.05) is 5.02 Å². The van der Waals surface area contributed by atoms with Crippen LogP contribution in [0.1, 0.15) is 81.0 Å². The van der Waals surface area contributed by atoms with Gasteiger partial charge in [0.1, 0.15) is 0 Å². The van der Waals surface area contributed by atoms with Gasteiger partial charge in [0.05, 0.1) is 0 Å². The Labute approximate surface area is 183 Å². The lowest BCUT2D eigenvalue weighted by Gasteiger charge is -2.42. The van der Waals surface area contributed by atoms with Crippen LogP contribution in [0.4, 0.5) is 0 Å². The molecule has 2 fully saturated rings. The maximum atomic E-state index is 6.64. The van der Waals surface area contributed by atoms with E-state index >= 15 is 0 Å². The number of hydrogen-bond donors (Lipinski definition) is 0. The van der Waals surface area contributed by atoms with Crippen molar-refractivity contribution < 1.29 is 0 Å². The summed E-state index contributed by atoms with van der Waals surface area (Å²) < 4.78 is 0. The van der Waals surface area contributed by atoms with Gasteiger partial charge in [-0.15, -0.1) is 0 Å². The van der Waals surface area contributed by atoms with Crippen molar-refractivity contribution in [2.75, 3.05) is 0 Å². The van der Waals surface area contributed by atoms with Crippen LogP contribution in [0.5, 0.6) is 0 Å². The van der Waals surface area contributed by atoms with Crippen LogP contribution in [0.25, 0.3) is 0 Å². The van der Waals surface area contributed by atoms with Crippen molar-refractivity contribution in [3.63, 3.8) is 0 Å². The highest BCUT2D eigenvalue weighted by molar-refractivity contribution is 6.31. The number of aryl methyl sites for hydroxylation is 1. The Hall–Kier alpha value is -1.27. The fraction of sp³-hybridized carbons (Fsp3) is 0.571. The first-order chi connectivity index (χ1) is 13.9. The molecule has 0 saturated heterocycles. The van der Waals surface area contributed by atoms with E-state index in [0.29, 0.717) is 5.92 Å². The highest BCUT2D eigenvalue weighted by atomic mass is 35.5. The van der Waals surface area contributed by atoms with Crippen LogP contribution in [0.3, 0.4) is 0 Å². The molecule has 2 saturated carbocycles. The lowest BCUT2D eigenvalue weighted by molar-refractivity contribution is 0.138. The van der Waals surface area contributed by atoms with E-state index in [0.717, 1.165) is 41.0 Å². The zero-order valence-electron chi connectivity index (χ0n) is 18.6. The zero-order valence-corrected chi connectivity index (χ0v) is 19.4. The van der Waals surface area contributed by atoms with E-state index < -0.39 is 0 Å². The molecule has 1 heteroatoms. The Kier molecular flexibility index (Phi) is 6.40. The molecule has 2 aromatic carbocycles. The lowest BCUT2D eigenvalue weighted by Crippen LogP contribution is -2.31. The second-order valence-electron chi connectivity index (χ2n) is 10.2. The Morgan fingerprint density at radius 2 is 1.66 bits per heavy atom. The van der Waals surface area contributed by atoms with Crippen molar-refractivity contribution in [1.29, 1.82) is 0 Å². The first kappa shape index (κ1) is 21.0. The van der Waals surface area contributed by atoms with E-state index in [1.165, 1.54) is 54.4 Å². The van der Waals surface area contributed by atoms with Gasteiger partial charge in [-0.1, -0.05) is 80.8 Å². The lowest BCUT2D eigenvalue weighted by atomic mass is 9.63. The fourth-order valence-electron chi connectivity index (χ4n) is 6.00. The van der Waals surface area contributed by atoms with Crippen LogP contribution in [0, 0.1) is 36.5 Å². The fourth-order valence-corrected chi connectivity index (χ4v) is 6.18. The van der Waals surface area contributed by atoms with E-state index in [1.54, 1.807) is 0 Å². The summed E-state index contributed by atoms with van der Waals surface area (Å²) in [6, 6.07) is 15.8. The molecule has 29 heavy (non-hydrogen) atoms. The van der Waals surface area contributed by atoms with E-state index in [9.17, 15) is 0 Å². The van der Waals surface area contributed by atoms with Crippen molar-refractivity contribution in [3.8, 4) is 0 Å². The monoisotopic (exact) mass is 408 g/mol. The Morgan fingerprint density at radius 3 is 2.31 bits per heavy atom. The minimum absolute atomic E-state index is 0.692. The van der Waals surface area contributed by atoms with E-state index in [4.69, 9.17) is 11.6 Å². The molecule has 0 aliphatic heterocycles. The molecule has 0 spiro atoms. The topological polar surface area (TPSA) is 0 Å². The molecule has 6 unspecified atom stereocenters. The van der Waals surface area contributed by atoms with Gasteiger partial charge in [-0.2, -0.15) is 0 Å². The summed E-state index contributed by atoms with van der Waals surface area (Å²) >= 11 is 6.64. The van der Waals surface area contributed by atoms with Gasteiger partial charge in [-0.3, -0.25) is 0 Å². The van der Waals surface area contributed by atoms with Crippen molar-refractivity contribution in [1.82, 2.24) is 0 Å². The number of halogens is 1. The minimum Gasteiger partial charge on any atom is -0.0840 e. The molecule has 0 nitrogen and oxygen atoms in total. The largest absolute Gasteiger partial charge is 0.0840 e. The first-order valence-electron chi connectivity index (χ1n) is 11.8. The highest BCUT2D eigenvalue weighted by Gasteiger charge is 2.41. The molecular weight excluding hydrogens is 372 g/mol. The van der Waals surface area contributed by atoms with Crippen molar-refractivity contribution >= 4 is 11.6 Å². The van der Waals surface area contributed by atoms with Crippen LogP contribution in [-0.4, -0.2) is 0 Å². The molecule has 2 aromatic rings. The molecule has 2 aliphatic rings. The minimum atomic E-state index is 0.692. The molecule has 0 amide bonds. The summed E-state index contributed by atoms with van der Waals surface area (Å²) in [6.07, 6.45) is 7.93. The molecule has 4 rings (SSSR count). The van der Waals surface area contributed by atoms with Gasteiger partial charge >= 0.3 is 0 Å². The third kappa shape index (κ3) is 4.91. The second kappa shape index (κ2) is 8.84. The van der Waals surface area contributed by atoms with Gasteiger partial charge in [-0.05, 0) is 97.3 Å². The van der Waals surface area contributed by atoms with Gasteiger partial charge in [0.2, 0.25) is 0 Å². The Bertz CT molecular complexity index is 821. The highest BCUT2D eigenvalue weighted by Crippen LogP contribution is 2.52. The first-order valence-corrected chi connectivity index (χ1v) is 12.2. The average molecular weight is 409 g/mol. The van der Waals surface area contributed by atoms with Crippen LogP contribution in [0.2, 0.25) is 5.02 Å². The summed E-state index contributed by atoms with van der Waals surface area (Å²) in [5, 5.41) is 0.912. The molecule has 156 valence electrons. The summed E-state index contributed by atoms with van der Waals surface area (Å²) in [7, 11) is 0. The zero-order chi connectivity index (χ0) is 20.5. The Balaban J connectivity index is 1.57. The molecule has 0 bridgehead atoms. The maximum absolute atomic E-state index is 6.64. The predicted octanol–water partition coefficient (Wildman–Crippen LogP) is 8.44. The molecule has 0 N–H and O–H groups in total. The van der Waals surface area contributed by atoms with Crippen LogP contribution < -0.4 is 0 Å². The second-order valence-corrected chi connectivity index (χ2v) is 10.6. The standard InChI is InChI=1S/C28H37Cl/c1-5-26-24(17-23-14-20(23)4)12-19(3)13-27(26)22-10-11-28(29)25(16-22)15-21-8-6-18(2)7-9-21/h6-11,16,19-20,23-24,26-27H,5,12-15,17H2,1-4H3. The van der Waals surface area contributed by atoms with Crippen molar-refractivity contribution in [2.24, 2.45) is 29.6 Å². The van der Waals surface area contributed by atoms with Crippen LogP contribution >= 0.6 is 11.6 Å². The molecule has 6 atom stereocenters. The molecule has 0 aromatic heterocycles.